The zero-order valence-electron chi connectivity index (χ0n) is 12.3. The minimum atomic E-state index is 0.546. The van der Waals surface area contributed by atoms with E-state index in [0.29, 0.717) is 22.9 Å². The maximum Gasteiger partial charge on any atom is 0.212 e. The summed E-state index contributed by atoms with van der Waals surface area (Å²) in [5.41, 5.74) is 2.16. The number of methoxy groups -OCH3 is 1. The molecule has 0 radical (unpaired) electrons. The van der Waals surface area contributed by atoms with Crippen molar-refractivity contribution in [1.29, 1.82) is 0 Å². The number of nitrogens with one attached hydrogen (secondary N) is 1. The van der Waals surface area contributed by atoms with Crippen molar-refractivity contribution < 1.29 is 4.74 Å². The Morgan fingerprint density at radius 1 is 1.38 bits per heavy atom. The van der Waals surface area contributed by atoms with Crippen LogP contribution in [0.5, 0.6) is 5.88 Å². The van der Waals surface area contributed by atoms with Crippen LogP contribution in [0.4, 0.5) is 0 Å². The number of hydrogen-bond donors (Lipinski definition) is 1. The number of hydrogen-bond acceptors (Lipinski definition) is 4. The molecule has 4 nitrogen and oxygen atoms in total. The van der Waals surface area contributed by atoms with Gasteiger partial charge in [-0.1, -0.05) is 32.1 Å². The van der Waals surface area contributed by atoms with Crippen LogP contribution >= 0.6 is 28.1 Å². The van der Waals surface area contributed by atoms with E-state index in [9.17, 15) is 0 Å². The third-order valence-corrected chi connectivity index (χ3v) is 4.39. The maximum absolute atomic E-state index is 5.32. The SMILES string of the molecule is COc1ccc(Cc2nc(=S)c(Br)c(CC(C)C)[nH]2)cn1. The van der Waals surface area contributed by atoms with Crippen LogP contribution in [0.1, 0.15) is 30.9 Å². The fraction of sp³-hybridized carbons (Fsp3) is 0.400. The zero-order chi connectivity index (χ0) is 15.4. The Bertz CT molecular complexity index is 668. The summed E-state index contributed by atoms with van der Waals surface area (Å²) >= 11 is 8.84. The monoisotopic (exact) mass is 367 g/mol. The van der Waals surface area contributed by atoms with E-state index in [2.05, 4.69) is 44.7 Å². The average molecular weight is 368 g/mol. The van der Waals surface area contributed by atoms with E-state index in [-0.39, 0.29) is 0 Å². The fourth-order valence-corrected chi connectivity index (χ4v) is 2.60. The highest BCUT2D eigenvalue weighted by Crippen LogP contribution is 2.20. The lowest BCUT2D eigenvalue weighted by molar-refractivity contribution is 0.397. The van der Waals surface area contributed by atoms with Crippen molar-refractivity contribution >= 4 is 28.1 Å². The maximum atomic E-state index is 5.32. The summed E-state index contributed by atoms with van der Waals surface area (Å²) < 4.78 is 6.55. The second-order valence-corrected chi connectivity index (χ2v) is 6.44. The van der Waals surface area contributed by atoms with Crippen molar-refractivity contribution in [1.82, 2.24) is 15.0 Å². The molecule has 0 saturated carbocycles. The molecule has 0 saturated heterocycles. The van der Waals surface area contributed by atoms with Crippen molar-refractivity contribution in [3.05, 3.63) is 44.5 Å². The summed E-state index contributed by atoms with van der Waals surface area (Å²) in [5.74, 6) is 2.01. The van der Waals surface area contributed by atoms with Crippen LogP contribution < -0.4 is 4.74 Å². The van der Waals surface area contributed by atoms with Crippen LogP contribution in [0.25, 0.3) is 0 Å². The summed E-state index contributed by atoms with van der Waals surface area (Å²) in [5, 5.41) is 0. The van der Waals surface area contributed by atoms with E-state index < -0.39 is 0 Å². The van der Waals surface area contributed by atoms with Crippen LogP contribution in [0.2, 0.25) is 0 Å². The van der Waals surface area contributed by atoms with Gasteiger partial charge in [0.1, 0.15) is 10.5 Å². The number of halogens is 1. The van der Waals surface area contributed by atoms with Gasteiger partial charge in [-0.05, 0) is 33.8 Å². The normalized spacial score (nSPS) is 10.9. The lowest BCUT2D eigenvalue weighted by atomic mass is 10.1. The highest BCUT2D eigenvalue weighted by atomic mass is 79.9. The number of ether oxygens (including phenoxy) is 1. The van der Waals surface area contributed by atoms with Gasteiger partial charge in [-0.25, -0.2) is 9.97 Å². The molecule has 21 heavy (non-hydrogen) atoms. The van der Waals surface area contributed by atoms with Crippen molar-refractivity contribution in [3.63, 3.8) is 0 Å². The largest absolute Gasteiger partial charge is 0.481 e. The molecule has 0 unspecified atom stereocenters. The second kappa shape index (κ2) is 7.13. The summed E-state index contributed by atoms with van der Waals surface area (Å²) in [6.45, 7) is 4.35. The molecule has 0 atom stereocenters. The Kier molecular flexibility index (Phi) is 5.47. The third kappa shape index (κ3) is 4.35. The van der Waals surface area contributed by atoms with Gasteiger partial charge in [-0.2, -0.15) is 0 Å². The molecule has 2 aromatic heterocycles. The molecule has 6 heteroatoms. The predicted molar refractivity (Wildman–Crippen MR) is 89.3 cm³/mol. The second-order valence-electron chi connectivity index (χ2n) is 5.26. The summed E-state index contributed by atoms with van der Waals surface area (Å²) in [4.78, 5) is 12.0. The minimum Gasteiger partial charge on any atom is -0.481 e. The Balaban J connectivity index is 2.26. The molecule has 112 valence electrons. The molecular weight excluding hydrogens is 350 g/mol. The highest BCUT2D eigenvalue weighted by Gasteiger charge is 2.09. The molecule has 0 fully saturated rings. The fourth-order valence-electron chi connectivity index (χ4n) is 2.02. The first-order chi connectivity index (χ1) is 9.99. The van der Waals surface area contributed by atoms with Crippen molar-refractivity contribution in [2.75, 3.05) is 7.11 Å². The smallest absolute Gasteiger partial charge is 0.212 e. The standard InChI is InChI=1S/C15H18BrN3OS/c1-9(2)6-11-14(16)15(21)19-12(18-11)7-10-4-5-13(20-3)17-8-10/h4-5,8-9H,6-7H2,1-3H3,(H,18,19,21). The minimum absolute atomic E-state index is 0.546. The number of H-pyrrole nitrogens is 1. The van der Waals surface area contributed by atoms with Crippen LogP contribution in [-0.2, 0) is 12.8 Å². The molecule has 2 rings (SSSR count). The van der Waals surface area contributed by atoms with Crippen molar-refractivity contribution in [2.45, 2.75) is 26.7 Å². The first kappa shape index (κ1) is 16.1. The zero-order valence-corrected chi connectivity index (χ0v) is 14.7. The van der Waals surface area contributed by atoms with E-state index in [4.69, 9.17) is 17.0 Å². The molecule has 0 spiro atoms. The molecule has 0 aliphatic heterocycles. The number of nitrogens with zero attached hydrogens (tertiary/aromatic N) is 2. The van der Waals surface area contributed by atoms with E-state index >= 15 is 0 Å². The molecule has 0 amide bonds. The number of aromatic amines is 1. The quantitative estimate of drug-likeness (QED) is 0.808. The van der Waals surface area contributed by atoms with Gasteiger partial charge in [0.05, 0.1) is 11.6 Å². The molecule has 0 aliphatic carbocycles. The average Bonchev–Trinajstić information content (AvgIpc) is 2.44. The van der Waals surface area contributed by atoms with E-state index in [1.165, 1.54) is 0 Å². The van der Waals surface area contributed by atoms with Gasteiger partial charge in [0.2, 0.25) is 5.88 Å². The summed E-state index contributed by atoms with van der Waals surface area (Å²) in [7, 11) is 1.60. The van der Waals surface area contributed by atoms with Crippen molar-refractivity contribution in [2.24, 2.45) is 5.92 Å². The number of pyridine rings is 1. The van der Waals surface area contributed by atoms with E-state index in [0.717, 1.165) is 28.0 Å². The van der Waals surface area contributed by atoms with Gasteiger partial charge in [0, 0.05) is 24.4 Å². The Morgan fingerprint density at radius 2 is 2.14 bits per heavy atom. The predicted octanol–water partition coefficient (Wildman–Crippen LogP) is 4.09. The first-order valence-electron chi connectivity index (χ1n) is 6.76. The Hall–Kier alpha value is -1.27. The summed E-state index contributed by atoms with van der Waals surface area (Å²) in [6.07, 6.45) is 3.39. The van der Waals surface area contributed by atoms with Crippen molar-refractivity contribution in [3.8, 4) is 5.88 Å². The van der Waals surface area contributed by atoms with Gasteiger partial charge >= 0.3 is 0 Å². The van der Waals surface area contributed by atoms with Gasteiger partial charge in [0.15, 0.2) is 0 Å². The van der Waals surface area contributed by atoms with Gasteiger partial charge in [-0.3, -0.25) is 0 Å². The Morgan fingerprint density at radius 3 is 2.71 bits per heavy atom. The van der Waals surface area contributed by atoms with E-state index in [1.807, 2.05) is 12.1 Å². The molecule has 2 aromatic rings. The molecule has 1 N–H and O–H groups in total. The lowest BCUT2D eigenvalue weighted by Gasteiger charge is -2.10. The van der Waals surface area contributed by atoms with Crippen LogP contribution in [0.15, 0.2) is 22.8 Å². The highest BCUT2D eigenvalue weighted by molar-refractivity contribution is 9.10. The van der Waals surface area contributed by atoms with Gasteiger partial charge < -0.3 is 9.72 Å². The molecule has 0 aliphatic rings. The number of aromatic nitrogens is 3. The van der Waals surface area contributed by atoms with E-state index in [1.54, 1.807) is 13.3 Å². The number of rotatable bonds is 5. The van der Waals surface area contributed by atoms with Gasteiger partial charge in [0.25, 0.3) is 0 Å². The molecule has 0 bridgehead atoms. The lowest BCUT2D eigenvalue weighted by Crippen LogP contribution is -2.05. The van der Waals surface area contributed by atoms with Gasteiger partial charge in [-0.15, -0.1) is 0 Å². The first-order valence-corrected chi connectivity index (χ1v) is 7.96. The van der Waals surface area contributed by atoms with Crippen LogP contribution in [0, 0.1) is 10.6 Å². The Labute approximate surface area is 138 Å². The van der Waals surface area contributed by atoms with Crippen LogP contribution in [0.3, 0.4) is 0 Å². The summed E-state index contributed by atoms with van der Waals surface area (Å²) in [6, 6.07) is 3.83. The topological polar surface area (TPSA) is 50.8 Å². The molecule has 2 heterocycles. The molecular formula is C15H18BrN3OS. The molecule has 0 aromatic carbocycles. The van der Waals surface area contributed by atoms with Crippen LogP contribution in [-0.4, -0.2) is 22.1 Å². The third-order valence-electron chi connectivity index (χ3n) is 2.98.